The molecule has 0 aliphatic carbocycles. The molecular weight excluding hydrogens is 356 g/mol. The minimum atomic E-state index is -0.858. The van der Waals surface area contributed by atoms with Crippen molar-refractivity contribution < 1.29 is 27.9 Å². The maximum atomic E-state index is 14.8. The minimum Gasteiger partial charge on any atom is -0.443 e. The molecule has 2 aromatic heterocycles. The number of halogens is 2. The van der Waals surface area contributed by atoms with E-state index in [1.165, 1.54) is 6.07 Å². The molecule has 0 spiro atoms. The number of amides is 1. The zero-order chi connectivity index (χ0) is 18.0. The molecule has 3 rings (SSSR count). The van der Waals surface area contributed by atoms with Gasteiger partial charge in [0.15, 0.2) is 22.9 Å². The molecule has 1 amide bonds. The van der Waals surface area contributed by atoms with Gasteiger partial charge in [0, 0.05) is 0 Å². The lowest BCUT2D eigenvalue weighted by atomic mass is 10.1. The molecule has 3 N–H and O–H groups in total. The Hall–Kier alpha value is -2.56. The van der Waals surface area contributed by atoms with Crippen molar-refractivity contribution in [2.45, 2.75) is 6.92 Å². The Morgan fingerprint density at radius 2 is 2.24 bits per heavy atom. The van der Waals surface area contributed by atoms with E-state index in [4.69, 9.17) is 14.4 Å². The highest BCUT2D eigenvalue weighted by Gasteiger charge is 2.23. The number of oxazole rings is 1. The zero-order valence-electron chi connectivity index (χ0n) is 12.9. The number of benzene rings is 1. The van der Waals surface area contributed by atoms with Crippen molar-refractivity contribution in [1.29, 1.82) is 0 Å². The molecule has 0 aliphatic heterocycles. The van der Waals surface area contributed by atoms with Gasteiger partial charge in [-0.25, -0.2) is 14.9 Å². The Labute approximate surface area is 144 Å². The Morgan fingerprint density at radius 3 is 2.92 bits per heavy atom. The van der Waals surface area contributed by atoms with E-state index in [1.54, 1.807) is 12.3 Å². The summed E-state index contributed by atoms with van der Waals surface area (Å²) < 4.78 is 33.8. The van der Waals surface area contributed by atoms with Crippen LogP contribution in [-0.2, 0) is 4.84 Å². The van der Waals surface area contributed by atoms with Crippen LogP contribution in [0.25, 0.3) is 11.1 Å². The fraction of sp³-hybridized carbons (Fsp3) is 0.200. The number of hydrogen-bond acceptors (Lipinski definition) is 7. The van der Waals surface area contributed by atoms with E-state index in [0.29, 0.717) is 5.56 Å². The highest BCUT2D eigenvalue weighted by atomic mass is 32.1. The number of aliphatic hydroxyl groups excluding tert-OH is 1. The number of anilines is 2. The first-order valence-corrected chi connectivity index (χ1v) is 8.00. The van der Waals surface area contributed by atoms with Gasteiger partial charge in [0.1, 0.15) is 5.52 Å². The molecule has 0 unspecified atom stereocenters. The number of carbonyl (C=O) groups is 1. The standard InChI is InChI=1S/C15H13F2N3O4S/c1-7-5-25-14(17)11(7)19-12-8(15(22)20-24-3-2-21)4-9-13(10(12)16)18-6-23-9/h4-6,19,21H,2-3H2,1H3,(H,20,22). The first kappa shape index (κ1) is 17.3. The Balaban J connectivity index is 2.06. The maximum absolute atomic E-state index is 14.8. The van der Waals surface area contributed by atoms with Crippen LogP contribution in [0.3, 0.4) is 0 Å². The van der Waals surface area contributed by atoms with E-state index in [2.05, 4.69) is 15.8 Å². The number of aromatic nitrogens is 1. The van der Waals surface area contributed by atoms with Crippen LogP contribution in [0.15, 0.2) is 22.3 Å². The third-order valence-electron chi connectivity index (χ3n) is 3.35. The Morgan fingerprint density at radius 1 is 1.44 bits per heavy atom. The van der Waals surface area contributed by atoms with Crippen LogP contribution < -0.4 is 10.8 Å². The highest BCUT2D eigenvalue weighted by molar-refractivity contribution is 7.08. The molecule has 3 aromatic rings. The van der Waals surface area contributed by atoms with Gasteiger partial charge in [0.25, 0.3) is 5.91 Å². The third-order valence-corrected chi connectivity index (χ3v) is 4.23. The van der Waals surface area contributed by atoms with Gasteiger partial charge >= 0.3 is 0 Å². The molecule has 0 aliphatic rings. The number of hydrogen-bond donors (Lipinski definition) is 3. The number of nitrogens with zero attached hydrogens (tertiary/aromatic N) is 1. The van der Waals surface area contributed by atoms with Gasteiger partial charge in [-0.1, -0.05) is 0 Å². The zero-order valence-corrected chi connectivity index (χ0v) is 13.7. The predicted octanol–water partition coefficient (Wildman–Crippen LogP) is 2.87. The molecule has 0 bridgehead atoms. The summed E-state index contributed by atoms with van der Waals surface area (Å²) in [4.78, 5) is 20.8. The second-order valence-electron chi connectivity index (χ2n) is 5.01. The maximum Gasteiger partial charge on any atom is 0.277 e. The number of rotatable bonds is 6. The van der Waals surface area contributed by atoms with Crippen molar-refractivity contribution in [3.05, 3.63) is 39.9 Å². The monoisotopic (exact) mass is 369 g/mol. The first-order valence-electron chi connectivity index (χ1n) is 7.12. The summed E-state index contributed by atoms with van der Waals surface area (Å²) in [5.41, 5.74) is 2.24. The molecule has 10 heteroatoms. The summed E-state index contributed by atoms with van der Waals surface area (Å²) >= 11 is 0.854. The smallest absolute Gasteiger partial charge is 0.277 e. The fourth-order valence-corrected chi connectivity index (χ4v) is 2.89. The van der Waals surface area contributed by atoms with E-state index in [1.807, 2.05) is 0 Å². The van der Waals surface area contributed by atoms with E-state index in [0.717, 1.165) is 17.7 Å². The second-order valence-corrected chi connectivity index (χ2v) is 5.84. The number of fused-ring (bicyclic) bond motifs is 1. The average Bonchev–Trinajstić information content (AvgIpc) is 3.18. The normalized spacial score (nSPS) is 11.0. The average molecular weight is 369 g/mol. The molecule has 0 saturated heterocycles. The SMILES string of the molecule is Cc1csc(F)c1Nc1c(C(=O)NOCCO)cc2ocnc2c1F. The summed E-state index contributed by atoms with van der Waals surface area (Å²) in [6.45, 7) is 1.21. The lowest BCUT2D eigenvalue weighted by molar-refractivity contribution is 0.0169. The van der Waals surface area contributed by atoms with Gasteiger partial charge in [0.05, 0.1) is 30.2 Å². The van der Waals surface area contributed by atoms with Crippen molar-refractivity contribution in [3.8, 4) is 0 Å². The number of hydroxylamine groups is 1. The van der Waals surface area contributed by atoms with Crippen LogP contribution in [-0.4, -0.2) is 29.2 Å². The molecule has 0 radical (unpaired) electrons. The Bertz CT molecular complexity index is 906. The fourth-order valence-electron chi connectivity index (χ4n) is 2.17. The van der Waals surface area contributed by atoms with E-state index < -0.39 is 16.9 Å². The molecule has 2 heterocycles. The lowest BCUT2D eigenvalue weighted by Crippen LogP contribution is -2.26. The number of aryl methyl sites for hydroxylation is 1. The van der Waals surface area contributed by atoms with Crippen molar-refractivity contribution in [2.24, 2.45) is 0 Å². The molecule has 132 valence electrons. The van der Waals surface area contributed by atoms with E-state index >= 15 is 0 Å². The second kappa shape index (κ2) is 7.13. The molecule has 1 aromatic carbocycles. The Kier molecular flexibility index (Phi) is 4.93. The highest BCUT2D eigenvalue weighted by Crippen LogP contribution is 2.34. The van der Waals surface area contributed by atoms with Crippen LogP contribution in [0.1, 0.15) is 15.9 Å². The summed E-state index contributed by atoms with van der Waals surface area (Å²) in [5, 5.41) is 12.3. The van der Waals surface area contributed by atoms with Crippen molar-refractivity contribution in [3.63, 3.8) is 0 Å². The summed E-state index contributed by atoms with van der Waals surface area (Å²) in [6, 6.07) is 1.27. The van der Waals surface area contributed by atoms with Gasteiger partial charge in [-0.05, 0) is 23.9 Å². The molecule has 0 saturated carbocycles. The topological polar surface area (TPSA) is 96.6 Å². The van der Waals surface area contributed by atoms with Gasteiger partial charge in [0.2, 0.25) is 0 Å². The van der Waals surface area contributed by atoms with E-state index in [9.17, 15) is 13.6 Å². The third kappa shape index (κ3) is 3.31. The number of carbonyl (C=O) groups excluding carboxylic acids is 1. The van der Waals surface area contributed by atoms with Crippen molar-refractivity contribution in [2.75, 3.05) is 18.5 Å². The van der Waals surface area contributed by atoms with Gasteiger partial charge in [-0.3, -0.25) is 9.63 Å². The van der Waals surface area contributed by atoms with Crippen molar-refractivity contribution in [1.82, 2.24) is 10.5 Å². The van der Waals surface area contributed by atoms with E-state index in [-0.39, 0.29) is 41.3 Å². The van der Waals surface area contributed by atoms with Crippen LogP contribution in [0, 0.1) is 17.9 Å². The van der Waals surface area contributed by atoms with Gasteiger partial charge < -0.3 is 14.8 Å². The summed E-state index contributed by atoms with van der Waals surface area (Å²) in [5.74, 6) is -1.65. The molecular formula is C15H13F2N3O4S. The molecule has 0 fully saturated rings. The number of aliphatic hydroxyl groups is 1. The summed E-state index contributed by atoms with van der Waals surface area (Å²) in [6.07, 6.45) is 1.04. The van der Waals surface area contributed by atoms with Crippen LogP contribution >= 0.6 is 11.3 Å². The molecule has 25 heavy (non-hydrogen) atoms. The van der Waals surface area contributed by atoms with Crippen LogP contribution in [0.5, 0.6) is 0 Å². The molecule has 0 atom stereocenters. The largest absolute Gasteiger partial charge is 0.443 e. The predicted molar refractivity (Wildman–Crippen MR) is 86.8 cm³/mol. The number of nitrogens with one attached hydrogen (secondary N) is 2. The van der Waals surface area contributed by atoms with Gasteiger partial charge in [-0.15, -0.1) is 11.3 Å². The first-order chi connectivity index (χ1) is 12.0. The minimum absolute atomic E-state index is 0.0536. The summed E-state index contributed by atoms with van der Waals surface area (Å²) in [7, 11) is 0. The quantitative estimate of drug-likeness (QED) is 0.457. The lowest BCUT2D eigenvalue weighted by Gasteiger charge is -2.13. The van der Waals surface area contributed by atoms with Crippen LogP contribution in [0.4, 0.5) is 20.2 Å². The van der Waals surface area contributed by atoms with Crippen LogP contribution in [0.2, 0.25) is 0 Å². The molecule has 7 nitrogen and oxygen atoms in total. The van der Waals surface area contributed by atoms with Crippen molar-refractivity contribution >= 4 is 39.7 Å². The van der Waals surface area contributed by atoms with Gasteiger partial charge in [-0.2, -0.15) is 4.39 Å². The number of thiophene rings is 1.